The molecule has 1 aliphatic heterocycles. The number of benzene rings is 1. The van der Waals surface area contributed by atoms with Crippen LogP contribution < -0.4 is 9.47 Å². The van der Waals surface area contributed by atoms with Crippen molar-refractivity contribution >= 4 is 15.9 Å². The van der Waals surface area contributed by atoms with Crippen LogP contribution in [0.5, 0.6) is 11.5 Å². The second kappa shape index (κ2) is 6.76. The zero-order valence-electron chi connectivity index (χ0n) is 13.8. The highest BCUT2D eigenvalue weighted by Gasteiger charge is 2.27. The van der Waals surface area contributed by atoms with Crippen LogP contribution in [0.2, 0.25) is 0 Å². The number of aryl methyl sites for hydroxylation is 1. The molecule has 2 rings (SSSR count). The molecule has 0 spiro atoms. The first kappa shape index (κ1) is 17.6. The van der Waals surface area contributed by atoms with Crippen molar-refractivity contribution < 1.29 is 22.7 Å². The topological polar surface area (TPSA) is 76.2 Å². The predicted octanol–water partition coefficient (Wildman–Crippen LogP) is 0.730. The van der Waals surface area contributed by atoms with Crippen molar-refractivity contribution in [1.29, 1.82) is 0 Å². The normalized spacial score (nSPS) is 16.3. The molecule has 0 radical (unpaired) electrons. The Kier molecular flexibility index (Phi) is 5.16. The lowest BCUT2D eigenvalue weighted by molar-refractivity contribution is 0.0697. The second-order valence-corrected chi connectivity index (χ2v) is 7.46. The molecule has 0 aromatic heterocycles. The van der Waals surface area contributed by atoms with Gasteiger partial charge in [0.05, 0.1) is 20.5 Å². The Labute approximate surface area is 136 Å². The Balaban J connectivity index is 2.19. The Bertz CT molecular complexity index is 694. The molecule has 23 heavy (non-hydrogen) atoms. The van der Waals surface area contributed by atoms with E-state index < -0.39 is 10.0 Å². The highest BCUT2D eigenvalue weighted by molar-refractivity contribution is 7.88. The van der Waals surface area contributed by atoms with Crippen LogP contribution in [0.25, 0.3) is 0 Å². The number of nitrogens with zero attached hydrogens (tertiary/aromatic N) is 2. The van der Waals surface area contributed by atoms with E-state index >= 15 is 0 Å². The molecule has 0 unspecified atom stereocenters. The number of amides is 1. The highest BCUT2D eigenvalue weighted by Crippen LogP contribution is 2.31. The van der Waals surface area contributed by atoms with Gasteiger partial charge in [-0.25, -0.2) is 8.42 Å². The number of sulfonamides is 1. The van der Waals surface area contributed by atoms with E-state index in [9.17, 15) is 13.2 Å². The van der Waals surface area contributed by atoms with E-state index in [-0.39, 0.29) is 5.91 Å². The third-order valence-electron chi connectivity index (χ3n) is 3.96. The molecule has 1 aliphatic rings. The van der Waals surface area contributed by atoms with Crippen LogP contribution in [0, 0.1) is 6.92 Å². The summed E-state index contributed by atoms with van der Waals surface area (Å²) in [5.74, 6) is 0.941. The average molecular weight is 342 g/mol. The Morgan fingerprint density at radius 3 is 2.04 bits per heavy atom. The summed E-state index contributed by atoms with van der Waals surface area (Å²) in [7, 11) is -0.144. The quantitative estimate of drug-likeness (QED) is 0.806. The maximum Gasteiger partial charge on any atom is 0.254 e. The molecule has 0 bridgehead atoms. The molecular weight excluding hydrogens is 320 g/mol. The summed E-state index contributed by atoms with van der Waals surface area (Å²) in [4.78, 5) is 14.4. The highest BCUT2D eigenvalue weighted by atomic mass is 32.2. The molecule has 0 N–H and O–H groups in total. The molecule has 0 saturated carbocycles. The number of methoxy groups -OCH3 is 2. The third-order valence-corrected chi connectivity index (χ3v) is 5.26. The standard InChI is InChI=1S/C15H22N2O5S/c1-11-9-13(21-2)14(22-3)10-12(11)15(18)16-5-7-17(8-6-16)23(4,19)20/h9-10H,5-8H2,1-4H3. The molecular formula is C15H22N2O5S. The van der Waals surface area contributed by atoms with Gasteiger partial charge in [-0.05, 0) is 24.6 Å². The monoisotopic (exact) mass is 342 g/mol. The van der Waals surface area contributed by atoms with Gasteiger partial charge in [0.25, 0.3) is 5.91 Å². The fraction of sp³-hybridized carbons (Fsp3) is 0.533. The minimum absolute atomic E-state index is 0.128. The lowest BCUT2D eigenvalue weighted by Gasteiger charge is -2.33. The van der Waals surface area contributed by atoms with Gasteiger partial charge in [-0.2, -0.15) is 4.31 Å². The number of ether oxygens (including phenoxy) is 2. The van der Waals surface area contributed by atoms with E-state index in [1.165, 1.54) is 17.7 Å². The molecule has 8 heteroatoms. The van der Waals surface area contributed by atoms with Crippen LogP contribution in [0.4, 0.5) is 0 Å². The molecule has 0 aliphatic carbocycles. The van der Waals surface area contributed by atoms with Gasteiger partial charge in [0.2, 0.25) is 10.0 Å². The maximum atomic E-state index is 12.7. The van der Waals surface area contributed by atoms with Crippen molar-refractivity contribution in [3.63, 3.8) is 0 Å². The van der Waals surface area contributed by atoms with E-state index in [1.54, 1.807) is 24.1 Å². The Morgan fingerprint density at radius 2 is 1.57 bits per heavy atom. The summed E-state index contributed by atoms with van der Waals surface area (Å²) in [6.45, 7) is 3.22. The van der Waals surface area contributed by atoms with E-state index in [0.29, 0.717) is 43.2 Å². The predicted molar refractivity (Wildman–Crippen MR) is 86.6 cm³/mol. The molecule has 1 aromatic rings. The van der Waals surface area contributed by atoms with E-state index in [1.807, 2.05) is 6.92 Å². The summed E-state index contributed by atoms with van der Waals surface area (Å²) in [6, 6.07) is 3.43. The van der Waals surface area contributed by atoms with Crippen molar-refractivity contribution in [3.8, 4) is 11.5 Å². The molecule has 7 nitrogen and oxygen atoms in total. The van der Waals surface area contributed by atoms with Crippen molar-refractivity contribution in [1.82, 2.24) is 9.21 Å². The van der Waals surface area contributed by atoms with Gasteiger partial charge in [-0.15, -0.1) is 0 Å². The molecule has 1 fully saturated rings. The van der Waals surface area contributed by atoms with Crippen LogP contribution in [-0.2, 0) is 10.0 Å². The van der Waals surface area contributed by atoms with Gasteiger partial charge in [-0.3, -0.25) is 4.79 Å². The summed E-state index contributed by atoms with van der Waals surface area (Å²) < 4.78 is 34.9. The minimum Gasteiger partial charge on any atom is -0.493 e. The van der Waals surface area contributed by atoms with E-state index in [2.05, 4.69) is 0 Å². The smallest absolute Gasteiger partial charge is 0.254 e. The second-order valence-electron chi connectivity index (χ2n) is 5.48. The number of rotatable bonds is 4. The average Bonchev–Trinajstić information content (AvgIpc) is 2.53. The summed E-state index contributed by atoms with van der Waals surface area (Å²) in [6.07, 6.45) is 1.18. The fourth-order valence-corrected chi connectivity index (χ4v) is 3.43. The van der Waals surface area contributed by atoms with Crippen LogP contribution >= 0.6 is 0 Å². The summed E-state index contributed by atoms with van der Waals surface area (Å²) in [5.41, 5.74) is 1.33. The zero-order chi connectivity index (χ0) is 17.2. The molecule has 1 saturated heterocycles. The first-order valence-electron chi connectivity index (χ1n) is 7.25. The Morgan fingerprint density at radius 1 is 1.04 bits per heavy atom. The minimum atomic E-state index is -3.21. The van der Waals surface area contributed by atoms with Crippen molar-refractivity contribution in [2.75, 3.05) is 46.7 Å². The van der Waals surface area contributed by atoms with Crippen LogP contribution in [0.3, 0.4) is 0 Å². The lowest BCUT2D eigenvalue weighted by atomic mass is 10.1. The van der Waals surface area contributed by atoms with Crippen molar-refractivity contribution in [2.24, 2.45) is 0 Å². The molecule has 0 atom stereocenters. The number of piperazine rings is 1. The maximum absolute atomic E-state index is 12.7. The summed E-state index contributed by atoms with van der Waals surface area (Å²) >= 11 is 0. The molecule has 1 amide bonds. The summed E-state index contributed by atoms with van der Waals surface area (Å²) in [5, 5.41) is 0. The number of carbonyl (C=O) groups is 1. The van der Waals surface area contributed by atoms with Crippen LogP contribution in [0.1, 0.15) is 15.9 Å². The van der Waals surface area contributed by atoms with Gasteiger partial charge in [0.15, 0.2) is 11.5 Å². The largest absolute Gasteiger partial charge is 0.493 e. The van der Waals surface area contributed by atoms with Gasteiger partial charge in [0.1, 0.15) is 0 Å². The van der Waals surface area contributed by atoms with Crippen LogP contribution in [-0.4, -0.2) is 70.2 Å². The van der Waals surface area contributed by atoms with Crippen LogP contribution in [0.15, 0.2) is 12.1 Å². The first-order valence-corrected chi connectivity index (χ1v) is 9.09. The van der Waals surface area contributed by atoms with Gasteiger partial charge in [0, 0.05) is 31.7 Å². The third kappa shape index (κ3) is 3.76. The molecule has 1 aromatic carbocycles. The van der Waals surface area contributed by atoms with Gasteiger partial charge >= 0.3 is 0 Å². The van der Waals surface area contributed by atoms with E-state index in [4.69, 9.17) is 9.47 Å². The zero-order valence-corrected chi connectivity index (χ0v) is 14.6. The van der Waals surface area contributed by atoms with Crippen molar-refractivity contribution in [3.05, 3.63) is 23.3 Å². The number of hydrogen-bond acceptors (Lipinski definition) is 5. The fourth-order valence-electron chi connectivity index (χ4n) is 2.60. The van der Waals surface area contributed by atoms with E-state index in [0.717, 1.165) is 5.56 Å². The molecule has 1 heterocycles. The van der Waals surface area contributed by atoms with Gasteiger partial charge in [-0.1, -0.05) is 0 Å². The lowest BCUT2D eigenvalue weighted by Crippen LogP contribution is -2.50. The SMILES string of the molecule is COc1cc(C)c(C(=O)N2CCN(S(C)(=O)=O)CC2)cc1OC. The Hall–Kier alpha value is -1.80. The first-order chi connectivity index (χ1) is 10.8. The number of carbonyl (C=O) groups excluding carboxylic acids is 1. The van der Waals surface area contributed by atoms with Crippen molar-refractivity contribution in [2.45, 2.75) is 6.92 Å². The molecule has 128 valence electrons. The number of hydrogen-bond donors (Lipinski definition) is 0. The van der Waals surface area contributed by atoms with Gasteiger partial charge < -0.3 is 14.4 Å².